The molecule has 0 aliphatic carbocycles. The predicted octanol–water partition coefficient (Wildman–Crippen LogP) is 6.21. The van der Waals surface area contributed by atoms with E-state index in [1.807, 2.05) is 6.92 Å². The second-order valence-corrected chi connectivity index (χ2v) is 6.36. The van der Waals surface area contributed by atoms with Crippen molar-refractivity contribution in [3.05, 3.63) is 75.2 Å². The van der Waals surface area contributed by atoms with Crippen LogP contribution in [0.1, 0.15) is 27.5 Å². The number of carbonyl (C=O) groups excluding carboxylic acids is 1. The van der Waals surface area contributed by atoms with Gasteiger partial charge in [0.2, 0.25) is 5.78 Å². The van der Waals surface area contributed by atoms with E-state index in [9.17, 15) is 18.0 Å². The van der Waals surface area contributed by atoms with Crippen LogP contribution >= 0.6 is 23.2 Å². The van der Waals surface area contributed by atoms with Crippen molar-refractivity contribution in [2.24, 2.45) is 0 Å². The second kappa shape index (κ2) is 6.78. The Balaban J connectivity index is 2.17. The van der Waals surface area contributed by atoms with Gasteiger partial charge < -0.3 is 4.42 Å². The number of ketones is 1. The Labute approximate surface area is 156 Å². The van der Waals surface area contributed by atoms with Gasteiger partial charge in [-0.25, -0.2) is 4.98 Å². The number of hydrogen-bond acceptors (Lipinski definition) is 3. The summed E-state index contributed by atoms with van der Waals surface area (Å²) in [5, 5.41) is 0.301. The highest BCUT2D eigenvalue weighted by Gasteiger charge is 2.40. The molecule has 0 radical (unpaired) electrons. The largest absolute Gasteiger partial charge is 0.468 e. The summed E-state index contributed by atoms with van der Waals surface area (Å²) in [6.07, 6.45) is -4.83. The molecule has 26 heavy (non-hydrogen) atoms. The van der Waals surface area contributed by atoms with Gasteiger partial charge in [0.25, 0.3) is 0 Å². The quantitative estimate of drug-likeness (QED) is 0.491. The van der Waals surface area contributed by atoms with Crippen molar-refractivity contribution >= 4 is 29.0 Å². The van der Waals surface area contributed by atoms with Gasteiger partial charge in [-0.2, -0.15) is 13.2 Å². The zero-order chi connectivity index (χ0) is 19.1. The van der Waals surface area contributed by atoms with Crippen LogP contribution in [-0.2, 0) is 6.18 Å². The van der Waals surface area contributed by atoms with Crippen LogP contribution in [0.3, 0.4) is 0 Å². The second-order valence-electron chi connectivity index (χ2n) is 5.51. The van der Waals surface area contributed by atoms with Crippen LogP contribution in [-0.4, -0.2) is 10.8 Å². The summed E-state index contributed by atoms with van der Waals surface area (Å²) < 4.78 is 44.0. The van der Waals surface area contributed by atoms with Gasteiger partial charge in [0, 0.05) is 16.1 Å². The molecule has 0 fully saturated rings. The number of benzene rings is 2. The van der Waals surface area contributed by atoms with Gasteiger partial charge in [-0.1, -0.05) is 53.0 Å². The van der Waals surface area contributed by atoms with Crippen molar-refractivity contribution < 1.29 is 22.4 Å². The fourth-order valence-corrected chi connectivity index (χ4v) is 2.79. The SMILES string of the molecule is Cc1ccc(-c2oc(C(F)(F)F)nc2C(=O)c2ccc(Cl)cc2Cl)cc1. The van der Waals surface area contributed by atoms with Gasteiger partial charge >= 0.3 is 12.1 Å². The Morgan fingerprint density at radius 2 is 1.73 bits per heavy atom. The monoisotopic (exact) mass is 399 g/mol. The molecule has 0 N–H and O–H groups in total. The topological polar surface area (TPSA) is 43.1 Å². The van der Waals surface area contributed by atoms with Gasteiger partial charge in [-0.3, -0.25) is 4.79 Å². The molecule has 0 amide bonds. The third-order valence-electron chi connectivity index (χ3n) is 3.57. The molecule has 2 aromatic carbocycles. The number of oxazole rings is 1. The smallest absolute Gasteiger partial charge is 0.432 e. The number of alkyl halides is 3. The fourth-order valence-electron chi connectivity index (χ4n) is 2.30. The van der Waals surface area contributed by atoms with Gasteiger partial charge in [0.1, 0.15) is 0 Å². The van der Waals surface area contributed by atoms with Crippen molar-refractivity contribution in [3.63, 3.8) is 0 Å². The average molecular weight is 400 g/mol. The lowest BCUT2D eigenvalue weighted by molar-refractivity contribution is -0.156. The van der Waals surface area contributed by atoms with Crippen molar-refractivity contribution in [1.29, 1.82) is 0 Å². The number of nitrogens with zero attached hydrogens (tertiary/aromatic N) is 1. The van der Waals surface area contributed by atoms with Crippen LogP contribution in [0.15, 0.2) is 46.9 Å². The van der Waals surface area contributed by atoms with E-state index in [0.29, 0.717) is 10.6 Å². The summed E-state index contributed by atoms with van der Waals surface area (Å²) in [7, 11) is 0. The average Bonchev–Trinajstić information content (AvgIpc) is 3.00. The van der Waals surface area contributed by atoms with E-state index < -0.39 is 23.5 Å². The van der Waals surface area contributed by atoms with Crippen molar-refractivity contribution in [1.82, 2.24) is 4.98 Å². The van der Waals surface area contributed by atoms with E-state index >= 15 is 0 Å². The number of halogens is 5. The first kappa shape index (κ1) is 18.5. The van der Waals surface area contributed by atoms with Crippen LogP contribution < -0.4 is 0 Å². The molecular weight excluding hydrogens is 390 g/mol. The minimum absolute atomic E-state index is 0.00825. The van der Waals surface area contributed by atoms with E-state index in [2.05, 4.69) is 4.98 Å². The molecule has 0 bridgehead atoms. The molecule has 0 spiro atoms. The van der Waals surface area contributed by atoms with Crippen LogP contribution in [0.2, 0.25) is 10.0 Å². The van der Waals surface area contributed by atoms with E-state index in [1.165, 1.54) is 18.2 Å². The van der Waals surface area contributed by atoms with E-state index in [-0.39, 0.29) is 16.3 Å². The number of rotatable bonds is 3. The molecule has 3 aromatic rings. The molecule has 1 heterocycles. The molecule has 3 rings (SSSR count). The maximum Gasteiger partial charge on any atom is 0.468 e. The normalized spacial score (nSPS) is 11.6. The summed E-state index contributed by atoms with van der Waals surface area (Å²) in [6.45, 7) is 1.82. The molecule has 8 heteroatoms. The lowest BCUT2D eigenvalue weighted by Crippen LogP contribution is -2.08. The fraction of sp³-hybridized carbons (Fsp3) is 0.111. The number of hydrogen-bond donors (Lipinski definition) is 0. The van der Waals surface area contributed by atoms with E-state index in [1.54, 1.807) is 24.3 Å². The van der Waals surface area contributed by atoms with Gasteiger partial charge in [-0.15, -0.1) is 0 Å². The third-order valence-corrected chi connectivity index (χ3v) is 4.12. The first-order valence-electron chi connectivity index (χ1n) is 7.31. The molecule has 0 unspecified atom stereocenters. The van der Waals surface area contributed by atoms with Crippen molar-refractivity contribution in [3.8, 4) is 11.3 Å². The standard InChI is InChI=1S/C18H10Cl2F3NO2/c1-9-2-4-10(5-3-9)16-14(24-17(26-16)18(21,22)23)15(25)12-7-6-11(19)8-13(12)20/h2-8H,1H3. The third kappa shape index (κ3) is 3.61. The molecule has 0 aliphatic rings. The highest BCUT2D eigenvalue weighted by Crippen LogP contribution is 2.36. The summed E-state index contributed by atoms with van der Waals surface area (Å²) in [4.78, 5) is 16.1. The Bertz CT molecular complexity index is 979. The first-order chi connectivity index (χ1) is 12.2. The summed E-state index contributed by atoms with van der Waals surface area (Å²) in [5.74, 6) is -2.56. The lowest BCUT2D eigenvalue weighted by Gasteiger charge is -2.04. The van der Waals surface area contributed by atoms with E-state index in [4.69, 9.17) is 27.6 Å². The van der Waals surface area contributed by atoms with Crippen LogP contribution in [0.4, 0.5) is 13.2 Å². The molecule has 0 atom stereocenters. The first-order valence-corrected chi connectivity index (χ1v) is 8.07. The minimum atomic E-state index is -4.83. The maximum atomic E-state index is 13.0. The molecule has 0 saturated carbocycles. The Hall–Kier alpha value is -2.31. The van der Waals surface area contributed by atoms with E-state index in [0.717, 1.165) is 5.56 Å². The number of aromatic nitrogens is 1. The van der Waals surface area contributed by atoms with Gasteiger partial charge in [0.05, 0.1) is 5.02 Å². The molecular formula is C18H10Cl2F3NO2. The Morgan fingerprint density at radius 1 is 1.08 bits per heavy atom. The molecule has 0 saturated heterocycles. The van der Waals surface area contributed by atoms with Crippen LogP contribution in [0.25, 0.3) is 11.3 Å². The summed E-state index contributed by atoms with van der Waals surface area (Å²) in [5.41, 5.74) is 0.710. The number of aryl methyl sites for hydroxylation is 1. The van der Waals surface area contributed by atoms with Gasteiger partial charge in [0.15, 0.2) is 11.5 Å². The zero-order valence-electron chi connectivity index (χ0n) is 13.2. The lowest BCUT2D eigenvalue weighted by atomic mass is 10.0. The molecule has 134 valence electrons. The zero-order valence-corrected chi connectivity index (χ0v) is 14.7. The number of carbonyl (C=O) groups is 1. The Kier molecular flexibility index (Phi) is 4.82. The highest BCUT2D eigenvalue weighted by molar-refractivity contribution is 6.37. The highest BCUT2D eigenvalue weighted by atomic mass is 35.5. The predicted molar refractivity (Wildman–Crippen MR) is 91.6 cm³/mol. The Morgan fingerprint density at radius 3 is 2.31 bits per heavy atom. The van der Waals surface area contributed by atoms with Crippen LogP contribution in [0, 0.1) is 6.92 Å². The molecule has 1 aromatic heterocycles. The van der Waals surface area contributed by atoms with Crippen molar-refractivity contribution in [2.45, 2.75) is 13.1 Å². The van der Waals surface area contributed by atoms with Crippen LogP contribution in [0.5, 0.6) is 0 Å². The molecule has 0 aliphatic heterocycles. The van der Waals surface area contributed by atoms with Gasteiger partial charge in [-0.05, 0) is 25.1 Å². The minimum Gasteiger partial charge on any atom is -0.432 e. The maximum absolute atomic E-state index is 13.0. The summed E-state index contributed by atoms with van der Waals surface area (Å²) >= 11 is 11.8. The summed E-state index contributed by atoms with van der Waals surface area (Å²) in [6, 6.07) is 10.5. The molecule has 3 nitrogen and oxygen atoms in total. The van der Waals surface area contributed by atoms with Crippen molar-refractivity contribution in [2.75, 3.05) is 0 Å².